The van der Waals surface area contributed by atoms with Crippen molar-refractivity contribution < 1.29 is 9.53 Å². The topological polar surface area (TPSA) is 29.5 Å². The van der Waals surface area contributed by atoms with Crippen molar-refractivity contribution in [3.63, 3.8) is 0 Å². The number of carbonyl (C=O) groups is 1. The summed E-state index contributed by atoms with van der Waals surface area (Å²) >= 11 is 0. The molecular weight excluding hydrogens is 298 g/mol. The highest BCUT2D eigenvalue weighted by atomic mass is 16.5. The van der Waals surface area contributed by atoms with Crippen molar-refractivity contribution >= 4 is 16.7 Å². The number of hydrogen-bond donors (Lipinski definition) is 0. The fraction of sp³-hybridized carbons (Fsp3) is 0.476. The van der Waals surface area contributed by atoms with Gasteiger partial charge < -0.3 is 9.64 Å². The molecule has 2 aromatic carbocycles. The van der Waals surface area contributed by atoms with Gasteiger partial charge in [0.1, 0.15) is 5.75 Å². The molecule has 2 fully saturated rings. The number of rotatable bonds is 3. The fourth-order valence-electron chi connectivity index (χ4n) is 4.42. The smallest absolute Gasteiger partial charge is 0.260 e. The van der Waals surface area contributed by atoms with Crippen LogP contribution >= 0.6 is 0 Å². The average molecular weight is 323 g/mol. The molecule has 2 atom stereocenters. The molecule has 0 radical (unpaired) electrons. The third kappa shape index (κ3) is 3.12. The molecule has 3 nitrogen and oxygen atoms in total. The first-order chi connectivity index (χ1) is 11.8. The van der Waals surface area contributed by atoms with Gasteiger partial charge in [0.25, 0.3) is 5.91 Å². The Morgan fingerprint density at radius 1 is 1.00 bits per heavy atom. The van der Waals surface area contributed by atoms with Crippen LogP contribution in [-0.2, 0) is 4.79 Å². The summed E-state index contributed by atoms with van der Waals surface area (Å²) < 4.78 is 5.82. The second-order valence-corrected chi connectivity index (χ2v) is 7.14. The van der Waals surface area contributed by atoms with Crippen LogP contribution in [0.5, 0.6) is 5.75 Å². The van der Waals surface area contributed by atoms with E-state index >= 15 is 0 Å². The summed E-state index contributed by atoms with van der Waals surface area (Å²) in [6.45, 7) is 1.06. The van der Waals surface area contributed by atoms with Crippen LogP contribution < -0.4 is 4.74 Å². The van der Waals surface area contributed by atoms with Gasteiger partial charge in [-0.3, -0.25) is 4.79 Å². The van der Waals surface area contributed by atoms with Gasteiger partial charge in [-0.25, -0.2) is 0 Å². The summed E-state index contributed by atoms with van der Waals surface area (Å²) in [7, 11) is 0. The molecule has 2 unspecified atom stereocenters. The molecule has 1 amide bonds. The first-order valence-electron chi connectivity index (χ1n) is 9.22. The summed E-state index contributed by atoms with van der Waals surface area (Å²) in [6, 6.07) is 14.7. The number of nitrogens with zero attached hydrogens (tertiary/aromatic N) is 1. The molecule has 126 valence electrons. The molecule has 24 heavy (non-hydrogen) atoms. The fourth-order valence-corrected chi connectivity index (χ4v) is 4.42. The first kappa shape index (κ1) is 15.5. The van der Waals surface area contributed by atoms with Crippen LogP contribution in [0.15, 0.2) is 42.5 Å². The Morgan fingerprint density at radius 2 is 1.79 bits per heavy atom. The normalized spacial score (nSPS) is 23.8. The Bertz CT molecular complexity index is 725. The highest BCUT2D eigenvalue weighted by Crippen LogP contribution is 2.35. The number of fused-ring (bicyclic) bond motifs is 2. The van der Waals surface area contributed by atoms with E-state index in [0.717, 1.165) is 30.0 Å². The maximum atomic E-state index is 12.7. The van der Waals surface area contributed by atoms with Gasteiger partial charge in [-0.2, -0.15) is 0 Å². The molecule has 1 aliphatic carbocycles. The highest BCUT2D eigenvalue weighted by molar-refractivity contribution is 5.84. The minimum Gasteiger partial charge on any atom is -0.484 e. The summed E-state index contributed by atoms with van der Waals surface area (Å²) in [5, 5.41) is 2.34. The molecule has 4 rings (SSSR count). The van der Waals surface area contributed by atoms with E-state index in [1.807, 2.05) is 30.3 Å². The quantitative estimate of drug-likeness (QED) is 0.838. The molecule has 3 heteroatoms. The number of likely N-dealkylation sites (tertiary alicyclic amines) is 1. The number of amides is 1. The number of carbonyl (C=O) groups excluding carboxylic acids is 1. The Labute approximate surface area is 143 Å². The predicted octanol–water partition coefficient (Wildman–Crippen LogP) is 4.40. The van der Waals surface area contributed by atoms with E-state index in [1.165, 1.54) is 37.5 Å². The lowest BCUT2D eigenvalue weighted by Gasteiger charge is -2.44. The van der Waals surface area contributed by atoms with E-state index in [0.29, 0.717) is 6.04 Å². The monoisotopic (exact) mass is 323 g/mol. The van der Waals surface area contributed by atoms with Crippen molar-refractivity contribution in [2.24, 2.45) is 5.92 Å². The zero-order valence-corrected chi connectivity index (χ0v) is 14.1. The van der Waals surface area contributed by atoms with E-state index in [1.54, 1.807) is 0 Å². The van der Waals surface area contributed by atoms with E-state index in [2.05, 4.69) is 17.0 Å². The Hall–Kier alpha value is -2.03. The second kappa shape index (κ2) is 6.84. The number of piperidine rings is 1. The minimum absolute atomic E-state index is 0.153. The van der Waals surface area contributed by atoms with Crippen LogP contribution in [-0.4, -0.2) is 30.0 Å². The SMILES string of the molecule is O=C(COc1ccc2ccccc2c1)N1CCCC2CCCCC21. The van der Waals surface area contributed by atoms with E-state index in [4.69, 9.17) is 4.74 Å². The third-order valence-corrected chi connectivity index (χ3v) is 5.65. The van der Waals surface area contributed by atoms with Crippen molar-refractivity contribution in [1.82, 2.24) is 4.90 Å². The van der Waals surface area contributed by atoms with Crippen molar-refractivity contribution in [3.05, 3.63) is 42.5 Å². The Balaban J connectivity index is 1.41. The lowest BCUT2D eigenvalue weighted by molar-refractivity contribution is -0.139. The van der Waals surface area contributed by atoms with E-state index in [9.17, 15) is 4.79 Å². The lowest BCUT2D eigenvalue weighted by atomic mass is 9.78. The standard InChI is InChI=1S/C21H25NO2/c23-21(22-13-5-9-17-7-3-4-10-20(17)22)15-24-19-12-11-16-6-1-2-8-18(16)14-19/h1-2,6,8,11-12,14,17,20H,3-5,7,9-10,13,15H2. The predicted molar refractivity (Wildman–Crippen MR) is 96.1 cm³/mol. The molecule has 1 saturated heterocycles. The molecular formula is C21H25NO2. The Morgan fingerprint density at radius 3 is 2.71 bits per heavy atom. The van der Waals surface area contributed by atoms with Crippen LogP contribution in [0.3, 0.4) is 0 Å². The molecule has 1 heterocycles. The largest absolute Gasteiger partial charge is 0.484 e. The van der Waals surface area contributed by atoms with E-state index < -0.39 is 0 Å². The van der Waals surface area contributed by atoms with Crippen LogP contribution in [0.4, 0.5) is 0 Å². The molecule has 2 aliphatic rings. The zero-order valence-electron chi connectivity index (χ0n) is 14.1. The molecule has 0 aromatic heterocycles. The maximum Gasteiger partial charge on any atom is 0.260 e. The first-order valence-corrected chi connectivity index (χ1v) is 9.22. The zero-order chi connectivity index (χ0) is 16.4. The maximum absolute atomic E-state index is 12.7. The number of benzene rings is 2. The van der Waals surface area contributed by atoms with Gasteiger partial charge in [-0.05, 0) is 54.5 Å². The summed E-state index contributed by atoms with van der Waals surface area (Å²) in [5.74, 6) is 1.65. The van der Waals surface area contributed by atoms with Crippen LogP contribution in [0.1, 0.15) is 38.5 Å². The molecule has 2 aromatic rings. The van der Waals surface area contributed by atoms with Crippen molar-refractivity contribution in [1.29, 1.82) is 0 Å². The van der Waals surface area contributed by atoms with Gasteiger partial charge in [-0.1, -0.05) is 43.2 Å². The van der Waals surface area contributed by atoms with Crippen LogP contribution in [0, 0.1) is 5.92 Å². The van der Waals surface area contributed by atoms with E-state index in [-0.39, 0.29) is 12.5 Å². The molecule has 0 bridgehead atoms. The van der Waals surface area contributed by atoms with Crippen LogP contribution in [0.25, 0.3) is 10.8 Å². The summed E-state index contributed by atoms with van der Waals surface area (Å²) in [4.78, 5) is 14.8. The van der Waals surface area contributed by atoms with Crippen molar-refractivity contribution in [2.75, 3.05) is 13.2 Å². The van der Waals surface area contributed by atoms with Gasteiger partial charge in [-0.15, -0.1) is 0 Å². The van der Waals surface area contributed by atoms with Crippen molar-refractivity contribution in [3.8, 4) is 5.75 Å². The number of hydrogen-bond acceptors (Lipinski definition) is 2. The van der Waals surface area contributed by atoms with Gasteiger partial charge in [0, 0.05) is 12.6 Å². The highest BCUT2D eigenvalue weighted by Gasteiger charge is 2.35. The molecule has 1 saturated carbocycles. The van der Waals surface area contributed by atoms with Gasteiger partial charge in [0.2, 0.25) is 0 Å². The average Bonchev–Trinajstić information content (AvgIpc) is 2.65. The van der Waals surface area contributed by atoms with Gasteiger partial charge in [0.15, 0.2) is 6.61 Å². The van der Waals surface area contributed by atoms with Crippen LogP contribution in [0.2, 0.25) is 0 Å². The number of ether oxygens (including phenoxy) is 1. The summed E-state index contributed by atoms with van der Waals surface area (Å²) in [5.41, 5.74) is 0. The summed E-state index contributed by atoms with van der Waals surface area (Å²) in [6.07, 6.45) is 7.49. The van der Waals surface area contributed by atoms with Gasteiger partial charge in [0.05, 0.1) is 0 Å². The molecule has 0 spiro atoms. The van der Waals surface area contributed by atoms with Crippen molar-refractivity contribution in [2.45, 2.75) is 44.6 Å². The molecule has 0 N–H and O–H groups in total. The second-order valence-electron chi connectivity index (χ2n) is 7.14. The Kier molecular flexibility index (Phi) is 4.42. The molecule has 1 aliphatic heterocycles. The minimum atomic E-state index is 0.153. The third-order valence-electron chi connectivity index (χ3n) is 5.65. The van der Waals surface area contributed by atoms with Gasteiger partial charge >= 0.3 is 0 Å². The lowest BCUT2D eigenvalue weighted by Crippen LogP contribution is -2.51.